The minimum Gasteiger partial charge on any atom is -0.355 e. The number of carbonyl (C=O) groups is 1. The molecule has 5 nitrogen and oxygen atoms in total. The van der Waals surface area contributed by atoms with E-state index in [1.165, 1.54) is 11.3 Å². The molecule has 0 bridgehead atoms. The molecule has 4 rings (SSSR count). The molecule has 2 aliphatic rings. The van der Waals surface area contributed by atoms with Gasteiger partial charge in [0.05, 0.1) is 0 Å². The van der Waals surface area contributed by atoms with E-state index in [2.05, 4.69) is 9.88 Å². The number of carbonyl (C=O) groups excluding carboxylic acids is 1. The van der Waals surface area contributed by atoms with Crippen molar-refractivity contribution >= 4 is 11.6 Å². The van der Waals surface area contributed by atoms with Gasteiger partial charge in [0.2, 0.25) is 0 Å². The molecule has 0 aromatic carbocycles. The Morgan fingerprint density at radius 3 is 2.74 bits per heavy atom. The molecule has 1 aliphatic carbocycles. The van der Waals surface area contributed by atoms with E-state index in [9.17, 15) is 4.79 Å². The van der Waals surface area contributed by atoms with E-state index >= 15 is 0 Å². The number of rotatable bonds is 2. The van der Waals surface area contributed by atoms with Gasteiger partial charge >= 0.3 is 0 Å². The zero-order valence-corrected chi connectivity index (χ0v) is 13.3. The van der Waals surface area contributed by atoms with Crippen molar-refractivity contribution in [2.24, 2.45) is 5.92 Å². The number of hydrogen-bond donors (Lipinski definition) is 0. The second-order valence-corrected chi connectivity index (χ2v) is 6.45. The lowest BCUT2D eigenvalue weighted by atomic mass is 9.98. The van der Waals surface area contributed by atoms with Crippen LogP contribution in [0.1, 0.15) is 31.0 Å². The van der Waals surface area contributed by atoms with Crippen molar-refractivity contribution < 1.29 is 4.79 Å². The second-order valence-electron chi connectivity index (χ2n) is 6.45. The Bertz CT molecular complexity index is 744. The van der Waals surface area contributed by atoms with Crippen LogP contribution in [0.25, 0.3) is 11.4 Å². The molecule has 23 heavy (non-hydrogen) atoms. The highest BCUT2D eigenvalue weighted by Gasteiger charge is 2.29. The van der Waals surface area contributed by atoms with E-state index in [1.54, 1.807) is 12.4 Å². The van der Waals surface area contributed by atoms with Crippen LogP contribution in [0.3, 0.4) is 0 Å². The van der Waals surface area contributed by atoms with Crippen molar-refractivity contribution in [3.8, 4) is 11.4 Å². The molecule has 0 radical (unpaired) electrons. The van der Waals surface area contributed by atoms with Gasteiger partial charge in [0.1, 0.15) is 11.6 Å². The van der Waals surface area contributed by atoms with Gasteiger partial charge in [0.25, 0.3) is 0 Å². The fourth-order valence-corrected chi connectivity index (χ4v) is 3.51. The van der Waals surface area contributed by atoms with Crippen LogP contribution in [-0.4, -0.2) is 33.8 Å². The maximum absolute atomic E-state index is 11.8. The summed E-state index contributed by atoms with van der Waals surface area (Å²) in [7, 11) is 0. The van der Waals surface area contributed by atoms with Crippen molar-refractivity contribution in [3.63, 3.8) is 0 Å². The van der Waals surface area contributed by atoms with Crippen LogP contribution in [0.2, 0.25) is 0 Å². The van der Waals surface area contributed by atoms with Crippen molar-refractivity contribution in [2.75, 3.05) is 18.0 Å². The molecule has 2 aromatic heterocycles. The van der Waals surface area contributed by atoms with E-state index in [4.69, 9.17) is 9.97 Å². The topological polar surface area (TPSA) is 59.0 Å². The zero-order chi connectivity index (χ0) is 15.8. The predicted octanol–water partition coefficient (Wildman–Crippen LogP) is 2.44. The van der Waals surface area contributed by atoms with E-state index in [-0.39, 0.29) is 5.92 Å². The van der Waals surface area contributed by atoms with Crippen molar-refractivity contribution in [2.45, 2.75) is 32.6 Å². The molecule has 1 fully saturated rings. The van der Waals surface area contributed by atoms with Crippen LogP contribution in [0.5, 0.6) is 0 Å². The second kappa shape index (κ2) is 5.72. The number of fused-ring (bicyclic) bond motifs is 1. The van der Waals surface area contributed by atoms with Crippen molar-refractivity contribution in [1.29, 1.82) is 0 Å². The first-order valence-corrected chi connectivity index (χ1v) is 8.30. The number of piperidine rings is 1. The first-order chi connectivity index (χ1) is 11.2. The lowest BCUT2D eigenvalue weighted by Gasteiger charge is -2.32. The fraction of sp³-hybridized carbons (Fsp3) is 0.444. The first-order valence-electron chi connectivity index (χ1n) is 8.30. The average molecular weight is 308 g/mol. The molecule has 3 heterocycles. The monoisotopic (exact) mass is 308 g/mol. The van der Waals surface area contributed by atoms with Gasteiger partial charge in [-0.15, -0.1) is 0 Å². The molecular formula is C18H20N4O. The Morgan fingerprint density at radius 1 is 1.13 bits per heavy atom. The average Bonchev–Trinajstić information content (AvgIpc) is 3.06. The molecule has 0 amide bonds. The third kappa shape index (κ3) is 2.60. The Balaban J connectivity index is 1.77. The van der Waals surface area contributed by atoms with Crippen LogP contribution in [0.15, 0.2) is 24.5 Å². The van der Waals surface area contributed by atoms with Gasteiger partial charge in [-0.25, -0.2) is 9.97 Å². The Kier molecular flexibility index (Phi) is 3.56. The summed E-state index contributed by atoms with van der Waals surface area (Å²) < 4.78 is 0. The minimum absolute atomic E-state index is 0.0835. The highest BCUT2D eigenvalue weighted by molar-refractivity contribution is 5.83. The highest BCUT2D eigenvalue weighted by Crippen LogP contribution is 2.32. The number of Topliss-reactive ketones (excluding diaryl/α,β-unsaturated/α-hetero) is 1. The van der Waals surface area contributed by atoms with Gasteiger partial charge in [-0.05, 0) is 31.4 Å². The number of pyridine rings is 1. The van der Waals surface area contributed by atoms with Crippen LogP contribution < -0.4 is 4.90 Å². The van der Waals surface area contributed by atoms with E-state index in [1.807, 2.05) is 19.1 Å². The standard InChI is InChI=1S/C18H20N4O/c1-12-11-22(10-7-16(12)23)18-14-3-2-4-15(14)20-17(21-18)13-5-8-19-9-6-13/h5-6,8-9,12H,2-4,7,10-11H2,1H3. The normalized spacial score (nSPS) is 20.7. The first kappa shape index (κ1) is 14.3. The number of ketones is 1. The molecule has 118 valence electrons. The SMILES string of the molecule is CC1CN(c2nc(-c3ccncc3)nc3c2CCC3)CCC1=O. The van der Waals surface area contributed by atoms with Crippen molar-refractivity contribution in [3.05, 3.63) is 35.8 Å². The molecule has 1 saturated heterocycles. The lowest BCUT2D eigenvalue weighted by Crippen LogP contribution is -2.40. The number of anilines is 1. The van der Waals surface area contributed by atoms with Crippen LogP contribution in [-0.2, 0) is 17.6 Å². The summed E-state index contributed by atoms with van der Waals surface area (Å²) in [5, 5.41) is 0. The molecule has 1 aliphatic heterocycles. The van der Waals surface area contributed by atoms with Gasteiger partial charge in [0, 0.05) is 54.6 Å². The quantitative estimate of drug-likeness (QED) is 0.853. The van der Waals surface area contributed by atoms with Crippen molar-refractivity contribution in [1.82, 2.24) is 15.0 Å². The predicted molar refractivity (Wildman–Crippen MR) is 88.3 cm³/mol. The van der Waals surface area contributed by atoms with E-state index < -0.39 is 0 Å². The van der Waals surface area contributed by atoms with Crippen LogP contribution in [0, 0.1) is 5.92 Å². The summed E-state index contributed by atoms with van der Waals surface area (Å²) >= 11 is 0. The van der Waals surface area contributed by atoms with Gasteiger partial charge < -0.3 is 4.90 Å². The van der Waals surface area contributed by atoms with E-state index in [0.717, 1.165) is 49.6 Å². The maximum atomic E-state index is 11.8. The molecule has 0 saturated carbocycles. The Labute approximate surface area is 135 Å². The minimum atomic E-state index is 0.0835. The fourth-order valence-electron chi connectivity index (χ4n) is 3.51. The third-order valence-corrected chi connectivity index (χ3v) is 4.82. The molecule has 2 aromatic rings. The van der Waals surface area contributed by atoms with E-state index in [0.29, 0.717) is 12.2 Å². The zero-order valence-electron chi connectivity index (χ0n) is 13.3. The summed E-state index contributed by atoms with van der Waals surface area (Å²) in [6.45, 7) is 3.54. The summed E-state index contributed by atoms with van der Waals surface area (Å²) in [5.41, 5.74) is 3.45. The number of nitrogens with zero attached hydrogens (tertiary/aromatic N) is 4. The number of hydrogen-bond acceptors (Lipinski definition) is 5. The molecule has 1 unspecified atom stereocenters. The summed E-state index contributed by atoms with van der Waals surface area (Å²) in [6.07, 6.45) is 7.36. The largest absolute Gasteiger partial charge is 0.355 e. The summed E-state index contributed by atoms with van der Waals surface area (Å²) in [4.78, 5) is 27.8. The highest BCUT2D eigenvalue weighted by atomic mass is 16.1. The number of aromatic nitrogens is 3. The molecule has 1 atom stereocenters. The smallest absolute Gasteiger partial charge is 0.161 e. The third-order valence-electron chi connectivity index (χ3n) is 4.82. The van der Waals surface area contributed by atoms with Gasteiger partial charge in [-0.2, -0.15) is 0 Å². The van der Waals surface area contributed by atoms with Gasteiger partial charge in [-0.1, -0.05) is 6.92 Å². The molecule has 5 heteroatoms. The molecular weight excluding hydrogens is 288 g/mol. The Hall–Kier alpha value is -2.30. The molecule has 0 N–H and O–H groups in total. The Morgan fingerprint density at radius 2 is 1.96 bits per heavy atom. The molecule has 0 spiro atoms. The number of aryl methyl sites for hydroxylation is 1. The van der Waals surface area contributed by atoms with Crippen LogP contribution >= 0.6 is 0 Å². The van der Waals surface area contributed by atoms with Gasteiger partial charge in [-0.3, -0.25) is 9.78 Å². The maximum Gasteiger partial charge on any atom is 0.161 e. The lowest BCUT2D eigenvalue weighted by molar-refractivity contribution is -0.122. The summed E-state index contributed by atoms with van der Waals surface area (Å²) in [5.74, 6) is 2.26. The van der Waals surface area contributed by atoms with Gasteiger partial charge in [0.15, 0.2) is 5.82 Å². The van der Waals surface area contributed by atoms with Crippen LogP contribution in [0.4, 0.5) is 5.82 Å². The summed E-state index contributed by atoms with van der Waals surface area (Å²) in [6, 6.07) is 3.89.